The van der Waals surface area contributed by atoms with Crippen molar-refractivity contribution >= 4 is 21.6 Å². The van der Waals surface area contributed by atoms with Gasteiger partial charge in [-0.15, -0.1) is 0 Å². The fraction of sp³-hybridized carbons (Fsp3) is 0.348. The standard InChI is InChI=1S/C23H26N4O4S/c1-15-6-4-5-7-20(15)25-23(28)18-10-12-27(13-11-18)32(29,30)21-14-19(9-8-16(21)2)22-24-17(3)31-26-22/h4-9,14,18H,10-13H2,1-3H3,(H,25,28). The van der Waals surface area contributed by atoms with Gasteiger partial charge < -0.3 is 9.84 Å². The predicted molar refractivity (Wildman–Crippen MR) is 120 cm³/mol. The maximum atomic E-state index is 13.4. The van der Waals surface area contributed by atoms with Crippen LogP contribution in [0.25, 0.3) is 11.4 Å². The van der Waals surface area contributed by atoms with Crippen LogP contribution in [0, 0.1) is 26.7 Å². The second-order valence-corrected chi connectivity index (χ2v) is 10.0. The number of carbonyl (C=O) groups is 1. The van der Waals surface area contributed by atoms with E-state index < -0.39 is 10.0 Å². The maximum absolute atomic E-state index is 13.4. The summed E-state index contributed by atoms with van der Waals surface area (Å²) in [6, 6.07) is 12.7. The summed E-state index contributed by atoms with van der Waals surface area (Å²) in [5.74, 6) is 0.472. The minimum Gasteiger partial charge on any atom is -0.339 e. The highest BCUT2D eigenvalue weighted by atomic mass is 32.2. The molecule has 1 amide bonds. The van der Waals surface area contributed by atoms with E-state index in [1.165, 1.54) is 4.31 Å². The highest BCUT2D eigenvalue weighted by Crippen LogP contribution is 2.29. The van der Waals surface area contributed by atoms with E-state index in [2.05, 4.69) is 15.5 Å². The van der Waals surface area contributed by atoms with Gasteiger partial charge in [0.05, 0.1) is 4.90 Å². The molecule has 0 atom stereocenters. The highest BCUT2D eigenvalue weighted by Gasteiger charge is 2.33. The normalized spacial score (nSPS) is 15.6. The van der Waals surface area contributed by atoms with Gasteiger partial charge in [-0.25, -0.2) is 8.42 Å². The van der Waals surface area contributed by atoms with E-state index in [1.807, 2.05) is 31.2 Å². The molecule has 1 aliphatic heterocycles. The zero-order valence-electron chi connectivity index (χ0n) is 18.3. The fourth-order valence-corrected chi connectivity index (χ4v) is 5.60. The van der Waals surface area contributed by atoms with Gasteiger partial charge in [-0.3, -0.25) is 4.79 Å². The number of aryl methyl sites for hydroxylation is 3. The van der Waals surface area contributed by atoms with E-state index in [0.717, 1.165) is 11.3 Å². The van der Waals surface area contributed by atoms with Crippen molar-refractivity contribution in [2.45, 2.75) is 38.5 Å². The number of aromatic nitrogens is 2. The van der Waals surface area contributed by atoms with E-state index in [1.54, 1.807) is 32.0 Å². The molecule has 1 aliphatic rings. The van der Waals surface area contributed by atoms with E-state index >= 15 is 0 Å². The molecule has 4 rings (SSSR count). The summed E-state index contributed by atoms with van der Waals surface area (Å²) in [7, 11) is -3.72. The molecule has 8 nitrogen and oxygen atoms in total. The number of para-hydroxylation sites is 1. The molecule has 168 valence electrons. The molecule has 9 heteroatoms. The Kier molecular flexibility index (Phi) is 6.12. The lowest BCUT2D eigenvalue weighted by Crippen LogP contribution is -2.41. The molecule has 3 aromatic rings. The molecule has 2 aromatic carbocycles. The third-order valence-corrected chi connectivity index (χ3v) is 7.86. The minimum atomic E-state index is -3.72. The Labute approximate surface area is 187 Å². The van der Waals surface area contributed by atoms with Crippen molar-refractivity contribution in [3.8, 4) is 11.4 Å². The van der Waals surface area contributed by atoms with E-state index in [0.29, 0.717) is 48.8 Å². The van der Waals surface area contributed by atoms with Gasteiger partial charge in [-0.05, 0) is 49.9 Å². The lowest BCUT2D eigenvalue weighted by Gasteiger charge is -2.31. The van der Waals surface area contributed by atoms with Gasteiger partial charge in [0.15, 0.2) is 0 Å². The number of carbonyl (C=O) groups excluding carboxylic acids is 1. The number of hydrogen-bond donors (Lipinski definition) is 1. The maximum Gasteiger partial charge on any atom is 0.243 e. The second kappa shape index (κ2) is 8.84. The SMILES string of the molecule is Cc1nc(-c2ccc(C)c(S(=O)(=O)N3CCC(C(=O)Nc4ccccc4C)CC3)c2)no1. The molecule has 0 bridgehead atoms. The van der Waals surface area contributed by atoms with Crippen molar-refractivity contribution in [3.05, 3.63) is 59.5 Å². The number of anilines is 1. The number of sulfonamides is 1. The van der Waals surface area contributed by atoms with Crippen molar-refractivity contribution in [2.75, 3.05) is 18.4 Å². The third-order valence-electron chi connectivity index (χ3n) is 5.82. The van der Waals surface area contributed by atoms with Crippen LogP contribution in [0.2, 0.25) is 0 Å². The molecular formula is C23H26N4O4S. The van der Waals surface area contributed by atoms with Crippen LogP contribution in [0.1, 0.15) is 29.9 Å². The highest BCUT2D eigenvalue weighted by molar-refractivity contribution is 7.89. The summed E-state index contributed by atoms with van der Waals surface area (Å²) in [6.45, 7) is 5.97. The summed E-state index contributed by atoms with van der Waals surface area (Å²) in [5.41, 5.74) is 3.01. The van der Waals surface area contributed by atoms with Gasteiger partial charge in [0.2, 0.25) is 27.6 Å². The van der Waals surface area contributed by atoms with Crippen molar-refractivity contribution in [1.82, 2.24) is 14.4 Å². The zero-order valence-corrected chi connectivity index (χ0v) is 19.1. The molecule has 1 N–H and O–H groups in total. The lowest BCUT2D eigenvalue weighted by atomic mass is 9.97. The fourth-order valence-electron chi connectivity index (χ4n) is 3.88. The van der Waals surface area contributed by atoms with Crippen LogP contribution in [0.15, 0.2) is 51.9 Å². The Bertz CT molecular complexity index is 1240. The first-order valence-electron chi connectivity index (χ1n) is 10.5. The second-order valence-electron chi connectivity index (χ2n) is 8.10. The molecular weight excluding hydrogens is 428 g/mol. The Morgan fingerprint density at radius 3 is 2.44 bits per heavy atom. The first-order chi connectivity index (χ1) is 15.3. The zero-order chi connectivity index (χ0) is 22.9. The van der Waals surface area contributed by atoms with Gasteiger partial charge in [0.25, 0.3) is 0 Å². The van der Waals surface area contributed by atoms with Gasteiger partial charge in [0, 0.05) is 37.2 Å². The molecule has 0 saturated carbocycles. The van der Waals surface area contributed by atoms with Gasteiger partial charge in [-0.2, -0.15) is 9.29 Å². The molecule has 1 fully saturated rings. The molecule has 0 unspecified atom stereocenters. The van der Waals surface area contributed by atoms with Gasteiger partial charge in [-0.1, -0.05) is 35.5 Å². The van der Waals surface area contributed by atoms with Crippen LogP contribution in [0.3, 0.4) is 0 Å². The van der Waals surface area contributed by atoms with Crippen LogP contribution >= 0.6 is 0 Å². The molecule has 0 radical (unpaired) electrons. The molecule has 1 saturated heterocycles. The van der Waals surface area contributed by atoms with Crippen LogP contribution in [0.5, 0.6) is 0 Å². The van der Waals surface area contributed by atoms with Gasteiger partial charge in [0.1, 0.15) is 0 Å². The van der Waals surface area contributed by atoms with E-state index in [9.17, 15) is 13.2 Å². The first-order valence-corrected chi connectivity index (χ1v) is 12.0. The summed E-state index contributed by atoms with van der Waals surface area (Å²) in [4.78, 5) is 17.1. The Morgan fingerprint density at radius 2 is 1.78 bits per heavy atom. The number of rotatable bonds is 5. The topological polar surface area (TPSA) is 105 Å². The molecule has 0 aliphatic carbocycles. The summed E-state index contributed by atoms with van der Waals surface area (Å²) < 4.78 is 33.2. The van der Waals surface area contributed by atoms with Crippen molar-refractivity contribution in [1.29, 1.82) is 0 Å². The summed E-state index contributed by atoms with van der Waals surface area (Å²) in [6.07, 6.45) is 0.944. The number of piperidine rings is 1. The summed E-state index contributed by atoms with van der Waals surface area (Å²) >= 11 is 0. The van der Waals surface area contributed by atoms with Crippen molar-refractivity contribution in [3.63, 3.8) is 0 Å². The monoisotopic (exact) mass is 454 g/mol. The Morgan fingerprint density at radius 1 is 1.06 bits per heavy atom. The smallest absolute Gasteiger partial charge is 0.243 e. The third kappa shape index (κ3) is 4.44. The summed E-state index contributed by atoms with van der Waals surface area (Å²) in [5, 5.41) is 6.85. The number of nitrogens with zero attached hydrogens (tertiary/aromatic N) is 3. The quantitative estimate of drug-likeness (QED) is 0.630. The van der Waals surface area contributed by atoms with Crippen LogP contribution in [-0.2, 0) is 14.8 Å². The van der Waals surface area contributed by atoms with Gasteiger partial charge >= 0.3 is 0 Å². The lowest BCUT2D eigenvalue weighted by molar-refractivity contribution is -0.120. The molecule has 0 spiro atoms. The average molecular weight is 455 g/mol. The average Bonchev–Trinajstić information content (AvgIpc) is 3.22. The molecule has 32 heavy (non-hydrogen) atoms. The number of amides is 1. The molecule has 1 aromatic heterocycles. The first kappa shape index (κ1) is 22.2. The number of hydrogen-bond acceptors (Lipinski definition) is 6. The largest absolute Gasteiger partial charge is 0.339 e. The van der Waals surface area contributed by atoms with E-state index in [4.69, 9.17) is 4.52 Å². The minimum absolute atomic E-state index is 0.0676. The van der Waals surface area contributed by atoms with Crippen molar-refractivity contribution in [2.24, 2.45) is 5.92 Å². The van der Waals surface area contributed by atoms with Crippen LogP contribution in [0.4, 0.5) is 5.69 Å². The Hall–Kier alpha value is -3.04. The van der Waals surface area contributed by atoms with Crippen LogP contribution in [-0.4, -0.2) is 41.9 Å². The Balaban J connectivity index is 1.47. The molecule has 2 heterocycles. The van der Waals surface area contributed by atoms with Crippen LogP contribution < -0.4 is 5.32 Å². The van der Waals surface area contributed by atoms with Crippen molar-refractivity contribution < 1.29 is 17.7 Å². The van der Waals surface area contributed by atoms with E-state index in [-0.39, 0.29) is 16.7 Å². The predicted octanol–water partition coefficient (Wildman–Crippen LogP) is 3.70. The number of nitrogens with one attached hydrogen (secondary N) is 1. The number of benzene rings is 2.